The highest BCUT2D eigenvalue weighted by Crippen LogP contribution is 2.28. The fourth-order valence-electron chi connectivity index (χ4n) is 2.86. The molecule has 2 aromatic heterocycles. The Balaban J connectivity index is 1.33. The molecule has 6 nitrogen and oxygen atoms in total. The lowest BCUT2D eigenvalue weighted by Gasteiger charge is -2.09. The van der Waals surface area contributed by atoms with E-state index in [4.69, 9.17) is 4.74 Å². The minimum Gasteiger partial charge on any atom is -0.480 e. The zero-order valence-electron chi connectivity index (χ0n) is 13.6. The van der Waals surface area contributed by atoms with Crippen LogP contribution in [0.5, 0.6) is 5.75 Å². The van der Waals surface area contributed by atoms with Crippen LogP contribution in [0.25, 0.3) is 0 Å². The molecule has 0 radical (unpaired) electrons. The van der Waals surface area contributed by atoms with E-state index in [2.05, 4.69) is 15.4 Å². The highest BCUT2D eigenvalue weighted by molar-refractivity contribution is 5.94. The van der Waals surface area contributed by atoms with Crippen LogP contribution in [0.4, 0.5) is 5.82 Å². The largest absolute Gasteiger partial charge is 0.480 e. The third kappa shape index (κ3) is 3.52. The molecule has 1 unspecified atom stereocenters. The Hall–Kier alpha value is -3.15. The number of benzene rings is 1. The summed E-state index contributed by atoms with van der Waals surface area (Å²) in [6.07, 6.45) is 4.50. The van der Waals surface area contributed by atoms with Gasteiger partial charge in [-0.3, -0.25) is 14.5 Å². The molecule has 0 spiro atoms. The predicted octanol–water partition coefficient (Wildman–Crippen LogP) is 2.46. The predicted molar refractivity (Wildman–Crippen MR) is 93.4 cm³/mol. The number of ether oxygens (including phenoxy) is 1. The Kier molecular flexibility index (Phi) is 4.16. The Morgan fingerprint density at radius 3 is 2.92 bits per heavy atom. The maximum Gasteiger partial charge on any atom is 0.266 e. The SMILES string of the molecule is O=C(Nc1ccn(CCc2ccccn2)n1)C1Cc2ccccc2O1. The molecule has 4 rings (SSSR count). The molecule has 1 N–H and O–H groups in total. The number of carbonyl (C=O) groups excluding carboxylic acids is 1. The molecule has 0 saturated heterocycles. The summed E-state index contributed by atoms with van der Waals surface area (Å²) in [6.45, 7) is 0.707. The minimum atomic E-state index is -0.504. The maximum atomic E-state index is 12.4. The van der Waals surface area contributed by atoms with Gasteiger partial charge in [0.2, 0.25) is 0 Å². The van der Waals surface area contributed by atoms with Crippen LogP contribution in [0.3, 0.4) is 0 Å². The van der Waals surface area contributed by atoms with E-state index < -0.39 is 6.10 Å². The third-order valence-corrected chi connectivity index (χ3v) is 4.15. The van der Waals surface area contributed by atoms with Crippen LogP contribution in [-0.4, -0.2) is 26.8 Å². The molecule has 3 aromatic rings. The number of fused-ring (bicyclic) bond motifs is 1. The van der Waals surface area contributed by atoms with E-state index in [1.807, 2.05) is 48.7 Å². The molecule has 25 heavy (non-hydrogen) atoms. The zero-order valence-corrected chi connectivity index (χ0v) is 13.6. The lowest BCUT2D eigenvalue weighted by atomic mass is 10.1. The van der Waals surface area contributed by atoms with Crippen LogP contribution in [0.15, 0.2) is 60.9 Å². The van der Waals surface area contributed by atoms with Crippen molar-refractivity contribution in [3.05, 3.63) is 72.2 Å². The number of hydrogen-bond acceptors (Lipinski definition) is 4. The second-order valence-electron chi connectivity index (χ2n) is 5.94. The van der Waals surface area contributed by atoms with Crippen LogP contribution in [0.2, 0.25) is 0 Å². The number of amides is 1. The van der Waals surface area contributed by atoms with Gasteiger partial charge in [-0.1, -0.05) is 24.3 Å². The lowest BCUT2D eigenvalue weighted by Crippen LogP contribution is -2.31. The number of aryl methyl sites for hydroxylation is 2. The van der Waals surface area contributed by atoms with Gasteiger partial charge < -0.3 is 10.1 Å². The number of aromatic nitrogens is 3. The Morgan fingerprint density at radius 2 is 2.08 bits per heavy atom. The van der Waals surface area contributed by atoms with Gasteiger partial charge in [0, 0.05) is 43.5 Å². The van der Waals surface area contributed by atoms with Gasteiger partial charge >= 0.3 is 0 Å². The zero-order chi connectivity index (χ0) is 17.1. The summed E-state index contributed by atoms with van der Waals surface area (Å²) < 4.78 is 7.50. The number of rotatable bonds is 5. The second-order valence-corrected chi connectivity index (χ2v) is 5.94. The first-order chi connectivity index (χ1) is 12.3. The van der Waals surface area contributed by atoms with Crippen molar-refractivity contribution in [1.82, 2.24) is 14.8 Å². The van der Waals surface area contributed by atoms with Crippen LogP contribution in [0, 0.1) is 0 Å². The first-order valence-electron chi connectivity index (χ1n) is 8.27. The monoisotopic (exact) mass is 334 g/mol. The fourth-order valence-corrected chi connectivity index (χ4v) is 2.86. The van der Waals surface area contributed by atoms with Crippen LogP contribution >= 0.6 is 0 Å². The summed E-state index contributed by atoms with van der Waals surface area (Å²) >= 11 is 0. The minimum absolute atomic E-state index is 0.175. The average molecular weight is 334 g/mol. The molecule has 6 heteroatoms. The number of para-hydroxylation sites is 1. The normalized spacial score (nSPS) is 15.4. The summed E-state index contributed by atoms with van der Waals surface area (Å²) in [6, 6.07) is 15.4. The molecule has 1 amide bonds. The first-order valence-corrected chi connectivity index (χ1v) is 8.27. The van der Waals surface area contributed by atoms with Gasteiger partial charge in [-0.2, -0.15) is 5.10 Å². The number of pyridine rings is 1. The van der Waals surface area contributed by atoms with Crippen molar-refractivity contribution in [1.29, 1.82) is 0 Å². The van der Waals surface area contributed by atoms with Gasteiger partial charge in [-0.05, 0) is 23.8 Å². The van der Waals surface area contributed by atoms with Crippen LogP contribution in [0.1, 0.15) is 11.3 Å². The molecular weight excluding hydrogens is 316 g/mol. The lowest BCUT2D eigenvalue weighted by molar-refractivity contribution is -0.122. The average Bonchev–Trinajstić information content (AvgIpc) is 3.27. The van der Waals surface area contributed by atoms with E-state index in [1.54, 1.807) is 16.9 Å². The van der Waals surface area contributed by atoms with Gasteiger partial charge in [0.15, 0.2) is 11.9 Å². The van der Waals surface area contributed by atoms with Crippen LogP contribution in [-0.2, 0) is 24.2 Å². The summed E-state index contributed by atoms with van der Waals surface area (Å²) in [5, 5.41) is 7.21. The van der Waals surface area contributed by atoms with E-state index >= 15 is 0 Å². The Morgan fingerprint density at radius 1 is 1.20 bits per heavy atom. The number of anilines is 1. The molecule has 126 valence electrons. The molecule has 0 saturated carbocycles. The van der Waals surface area contributed by atoms with Crippen molar-refractivity contribution in [2.75, 3.05) is 5.32 Å². The quantitative estimate of drug-likeness (QED) is 0.778. The van der Waals surface area contributed by atoms with E-state index in [-0.39, 0.29) is 5.91 Å². The summed E-state index contributed by atoms with van der Waals surface area (Å²) in [5.74, 6) is 1.14. The third-order valence-electron chi connectivity index (χ3n) is 4.15. The molecule has 1 atom stereocenters. The van der Waals surface area contributed by atoms with Crippen molar-refractivity contribution in [3.8, 4) is 5.75 Å². The number of nitrogens with zero attached hydrogens (tertiary/aromatic N) is 3. The second kappa shape index (κ2) is 6.76. The van der Waals surface area contributed by atoms with Crippen molar-refractivity contribution < 1.29 is 9.53 Å². The van der Waals surface area contributed by atoms with Crippen molar-refractivity contribution in [2.45, 2.75) is 25.5 Å². The summed E-state index contributed by atoms with van der Waals surface area (Å²) in [5.41, 5.74) is 2.07. The molecule has 1 aromatic carbocycles. The van der Waals surface area contributed by atoms with Gasteiger partial charge in [-0.15, -0.1) is 0 Å². The highest BCUT2D eigenvalue weighted by atomic mass is 16.5. The molecule has 1 aliphatic heterocycles. The number of carbonyl (C=O) groups is 1. The van der Waals surface area contributed by atoms with Crippen molar-refractivity contribution in [3.63, 3.8) is 0 Å². The standard InChI is InChI=1S/C19H18N4O2/c24-19(17-13-14-5-1-2-7-16(14)25-17)21-18-9-12-23(22-18)11-8-15-6-3-4-10-20-15/h1-7,9-10,12,17H,8,11,13H2,(H,21,22,24). The van der Waals surface area contributed by atoms with Gasteiger partial charge in [0.1, 0.15) is 5.75 Å². The molecule has 0 fully saturated rings. The van der Waals surface area contributed by atoms with Gasteiger partial charge in [0.25, 0.3) is 5.91 Å². The maximum absolute atomic E-state index is 12.4. The first kappa shape index (κ1) is 15.4. The topological polar surface area (TPSA) is 69.0 Å². The molecular formula is C19H18N4O2. The molecule has 3 heterocycles. The number of hydrogen-bond donors (Lipinski definition) is 1. The van der Waals surface area contributed by atoms with E-state index in [0.717, 1.165) is 23.4 Å². The fraction of sp³-hybridized carbons (Fsp3) is 0.211. The number of nitrogens with one attached hydrogen (secondary N) is 1. The highest BCUT2D eigenvalue weighted by Gasteiger charge is 2.29. The van der Waals surface area contributed by atoms with E-state index in [9.17, 15) is 4.79 Å². The summed E-state index contributed by atoms with van der Waals surface area (Å²) in [7, 11) is 0. The van der Waals surface area contributed by atoms with E-state index in [0.29, 0.717) is 18.8 Å². The molecule has 0 bridgehead atoms. The van der Waals surface area contributed by atoms with Gasteiger partial charge in [-0.25, -0.2) is 0 Å². The van der Waals surface area contributed by atoms with Crippen LogP contribution < -0.4 is 10.1 Å². The van der Waals surface area contributed by atoms with Crippen molar-refractivity contribution >= 4 is 11.7 Å². The Bertz CT molecular complexity index is 851. The smallest absolute Gasteiger partial charge is 0.266 e. The Labute approximate surface area is 145 Å². The van der Waals surface area contributed by atoms with Gasteiger partial charge in [0.05, 0.1) is 0 Å². The van der Waals surface area contributed by atoms with Crippen molar-refractivity contribution in [2.24, 2.45) is 0 Å². The molecule has 0 aliphatic carbocycles. The summed E-state index contributed by atoms with van der Waals surface area (Å²) in [4.78, 5) is 16.7. The van der Waals surface area contributed by atoms with E-state index in [1.165, 1.54) is 0 Å². The molecule has 1 aliphatic rings.